The standard InChI is InChI=1S/C15H18N2O2S/c1-3-19-15(18)13-9-11(6-7-14(13)16)17(2)10-12-5-4-8-20-12/h4-9H,3,10,16H2,1-2H3. The fourth-order valence-corrected chi connectivity index (χ4v) is 2.65. The Morgan fingerprint density at radius 2 is 2.20 bits per heavy atom. The Hall–Kier alpha value is -2.01. The first-order valence-electron chi connectivity index (χ1n) is 6.42. The van der Waals surface area contributed by atoms with Crippen LogP contribution in [0.5, 0.6) is 0 Å². The normalized spacial score (nSPS) is 10.3. The number of anilines is 2. The molecule has 0 aliphatic rings. The molecule has 0 saturated heterocycles. The Labute approximate surface area is 122 Å². The van der Waals surface area contributed by atoms with E-state index in [0.717, 1.165) is 12.2 Å². The van der Waals surface area contributed by atoms with Crippen LogP contribution in [-0.2, 0) is 11.3 Å². The van der Waals surface area contributed by atoms with Crippen LogP contribution in [0, 0.1) is 0 Å². The highest BCUT2D eigenvalue weighted by molar-refractivity contribution is 7.09. The van der Waals surface area contributed by atoms with Crippen molar-refractivity contribution in [3.05, 3.63) is 46.2 Å². The predicted molar refractivity (Wildman–Crippen MR) is 83.2 cm³/mol. The molecular weight excluding hydrogens is 272 g/mol. The number of esters is 1. The van der Waals surface area contributed by atoms with Crippen molar-refractivity contribution in [3.8, 4) is 0 Å². The first-order valence-corrected chi connectivity index (χ1v) is 7.30. The van der Waals surface area contributed by atoms with Crippen molar-refractivity contribution in [2.45, 2.75) is 13.5 Å². The van der Waals surface area contributed by atoms with Crippen LogP contribution < -0.4 is 10.6 Å². The van der Waals surface area contributed by atoms with Gasteiger partial charge in [0, 0.05) is 23.3 Å². The molecule has 1 aromatic heterocycles. The summed E-state index contributed by atoms with van der Waals surface area (Å²) in [7, 11) is 1.99. The molecule has 0 spiro atoms. The third-order valence-electron chi connectivity index (χ3n) is 2.95. The highest BCUT2D eigenvalue weighted by Crippen LogP contribution is 2.23. The molecule has 0 bridgehead atoms. The molecule has 0 fully saturated rings. The van der Waals surface area contributed by atoms with Gasteiger partial charge >= 0.3 is 5.97 Å². The molecule has 2 rings (SSSR count). The number of benzene rings is 1. The third kappa shape index (κ3) is 3.30. The maximum atomic E-state index is 11.8. The number of ether oxygens (including phenoxy) is 1. The van der Waals surface area contributed by atoms with Crippen molar-refractivity contribution in [1.82, 2.24) is 0 Å². The van der Waals surface area contributed by atoms with Crippen LogP contribution >= 0.6 is 11.3 Å². The van der Waals surface area contributed by atoms with Gasteiger partial charge in [-0.2, -0.15) is 0 Å². The molecule has 1 aromatic carbocycles. The minimum atomic E-state index is -0.378. The van der Waals surface area contributed by atoms with Crippen molar-refractivity contribution < 1.29 is 9.53 Å². The molecule has 106 valence electrons. The van der Waals surface area contributed by atoms with E-state index in [1.54, 1.807) is 30.4 Å². The Kier molecular flexibility index (Phi) is 4.63. The summed E-state index contributed by atoms with van der Waals surface area (Å²) in [5, 5.41) is 2.05. The first kappa shape index (κ1) is 14.4. The number of rotatable bonds is 5. The van der Waals surface area contributed by atoms with Gasteiger partial charge in [0.05, 0.1) is 18.7 Å². The molecule has 2 aromatic rings. The number of nitrogens with two attached hydrogens (primary N) is 1. The summed E-state index contributed by atoms with van der Waals surface area (Å²) in [4.78, 5) is 15.2. The highest BCUT2D eigenvalue weighted by Gasteiger charge is 2.13. The smallest absolute Gasteiger partial charge is 0.340 e. The number of nitrogens with zero attached hydrogens (tertiary/aromatic N) is 1. The lowest BCUT2D eigenvalue weighted by molar-refractivity contribution is 0.0527. The number of thiophene rings is 1. The summed E-state index contributed by atoms with van der Waals surface area (Å²) in [6, 6.07) is 9.55. The van der Waals surface area contributed by atoms with Crippen LogP contribution in [0.2, 0.25) is 0 Å². The molecule has 0 unspecified atom stereocenters. The fourth-order valence-electron chi connectivity index (χ4n) is 1.89. The lowest BCUT2D eigenvalue weighted by Crippen LogP contribution is -2.17. The Morgan fingerprint density at radius 3 is 2.85 bits per heavy atom. The number of carbonyl (C=O) groups excluding carboxylic acids is 1. The molecule has 20 heavy (non-hydrogen) atoms. The number of nitrogen functional groups attached to an aromatic ring is 1. The average molecular weight is 290 g/mol. The monoisotopic (exact) mass is 290 g/mol. The van der Waals surface area contributed by atoms with Crippen LogP contribution in [0.25, 0.3) is 0 Å². The van der Waals surface area contributed by atoms with Crippen molar-refractivity contribution >= 4 is 28.7 Å². The zero-order valence-electron chi connectivity index (χ0n) is 11.6. The lowest BCUT2D eigenvalue weighted by Gasteiger charge is -2.19. The van der Waals surface area contributed by atoms with Gasteiger partial charge in [-0.25, -0.2) is 4.79 Å². The zero-order valence-corrected chi connectivity index (χ0v) is 12.4. The minimum Gasteiger partial charge on any atom is -0.462 e. The molecule has 0 atom stereocenters. The van der Waals surface area contributed by atoms with Gasteiger partial charge in [0.25, 0.3) is 0 Å². The van der Waals surface area contributed by atoms with Gasteiger partial charge in [-0.05, 0) is 36.6 Å². The summed E-state index contributed by atoms with van der Waals surface area (Å²) in [6.07, 6.45) is 0. The van der Waals surface area contributed by atoms with Gasteiger partial charge in [0.2, 0.25) is 0 Å². The second-order valence-electron chi connectivity index (χ2n) is 4.43. The predicted octanol–water partition coefficient (Wildman–Crippen LogP) is 3.14. The van der Waals surface area contributed by atoms with E-state index < -0.39 is 0 Å². The number of hydrogen-bond donors (Lipinski definition) is 1. The zero-order chi connectivity index (χ0) is 14.5. The molecule has 0 radical (unpaired) electrons. The molecule has 1 heterocycles. The molecule has 0 aliphatic carbocycles. The largest absolute Gasteiger partial charge is 0.462 e. The SMILES string of the molecule is CCOC(=O)c1cc(N(C)Cc2cccs2)ccc1N. The van der Waals surface area contributed by atoms with Gasteiger partial charge in [0.15, 0.2) is 0 Å². The highest BCUT2D eigenvalue weighted by atomic mass is 32.1. The van der Waals surface area contributed by atoms with Crippen LogP contribution in [0.15, 0.2) is 35.7 Å². The summed E-state index contributed by atoms with van der Waals surface area (Å²) in [5.41, 5.74) is 7.64. The quantitative estimate of drug-likeness (QED) is 0.679. The van der Waals surface area contributed by atoms with E-state index in [0.29, 0.717) is 17.9 Å². The third-order valence-corrected chi connectivity index (χ3v) is 3.81. The van der Waals surface area contributed by atoms with Gasteiger partial charge in [-0.15, -0.1) is 11.3 Å². The minimum absolute atomic E-state index is 0.341. The van der Waals surface area contributed by atoms with Gasteiger partial charge in [-0.3, -0.25) is 0 Å². The van der Waals surface area contributed by atoms with Crippen LogP contribution in [0.4, 0.5) is 11.4 Å². The first-order chi connectivity index (χ1) is 9.61. The lowest BCUT2D eigenvalue weighted by atomic mass is 10.1. The second kappa shape index (κ2) is 6.43. The Morgan fingerprint density at radius 1 is 1.40 bits per heavy atom. The van der Waals surface area contributed by atoms with E-state index >= 15 is 0 Å². The van der Waals surface area contributed by atoms with Gasteiger partial charge in [0.1, 0.15) is 0 Å². The summed E-state index contributed by atoms with van der Waals surface area (Å²) in [6.45, 7) is 2.91. The number of hydrogen-bond acceptors (Lipinski definition) is 5. The fraction of sp³-hybridized carbons (Fsp3) is 0.267. The van der Waals surface area contributed by atoms with Crippen LogP contribution in [0.3, 0.4) is 0 Å². The summed E-state index contributed by atoms with van der Waals surface area (Å²) in [5.74, 6) is -0.378. The van der Waals surface area contributed by atoms with E-state index in [2.05, 4.69) is 16.3 Å². The van der Waals surface area contributed by atoms with E-state index in [-0.39, 0.29) is 5.97 Å². The molecule has 0 aliphatic heterocycles. The molecule has 2 N–H and O–H groups in total. The molecule has 5 heteroatoms. The molecular formula is C15H18N2O2S. The van der Waals surface area contributed by atoms with Crippen LogP contribution in [0.1, 0.15) is 22.2 Å². The summed E-state index contributed by atoms with van der Waals surface area (Å²) >= 11 is 1.71. The van der Waals surface area contributed by atoms with E-state index in [1.165, 1.54) is 4.88 Å². The Balaban J connectivity index is 2.20. The van der Waals surface area contributed by atoms with Gasteiger partial charge < -0.3 is 15.4 Å². The van der Waals surface area contributed by atoms with E-state index in [1.807, 2.05) is 19.2 Å². The van der Waals surface area contributed by atoms with E-state index in [4.69, 9.17) is 10.5 Å². The summed E-state index contributed by atoms with van der Waals surface area (Å²) < 4.78 is 5.01. The average Bonchev–Trinajstić information content (AvgIpc) is 2.92. The maximum absolute atomic E-state index is 11.8. The van der Waals surface area contributed by atoms with Crippen molar-refractivity contribution in [2.24, 2.45) is 0 Å². The topological polar surface area (TPSA) is 55.6 Å². The van der Waals surface area contributed by atoms with Crippen molar-refractivity contribution in [2.75, 3.05) is 24.3 Å². The number of carbonyl (C=O) groups is 1. The molecule has 0 saturated carbocycles. The van der Waals surface area contributed by atoms with Crippen molar-refractivity contribution in [1.29, 1.82) is 0 Å². The maximum Gasteiger partial charge on any atom is 0.340 e. The van der Waals surface area contributed by atoms with E-state index in [9.17, 15) is 4.79 Å². The van der Waals surface area contributed by atoms with Crippen molar-refractivity contribution in [3.63, 3.8) is 0 Å². The molecule has 0 amide bonds. The van der Waals surface area contributed by atoms with Crippen LogP contribution in [-0.4, -0.2) is 19.6 Å². The van der Waals surface area contributed by atoms with Gasteiger partial charge in [-0.1, -0.05) is 6.07 Å². The molecule has 4 nitrogen and oxygen atoms in total. The Bertz CT molecular complexity index is 582. The second-order valence-corrected chi connectivity index (χ2v) is 5.46.